The van der Waals surface area contributed by atoms with Crippen LogP contribution in [0.1, 0.15) is 26.3 Å². The lowest BCUT2D eigenvalue weighted by atomic mass is 10.1. The molecule has 2 nitrogen and oxygen atoms in total. The predicted octanol–water partition coefficient (Wildman–Crippen LogP) is 3.29. The summed E-state index contributed by atoms with van der Waals surface area (Å²) in [6.45, 7) is 5.60. The van der Waals surface area contributed by atoms with Crippen molar-refractivity contribution < 1.29 is 9.53 Å². The van der Waals surface area contributed by atoms with Gasteiger partial charge in [0.2, 0.25) is 0 Å². The maximum Gasteiger partial charge on any atom is 0.308 e. The monoisotopic (exact) mass is 224 g/mol. The van der Waals surface area contributed by atoms with Gasteiger partial charge in [-0.2, -0.15) is 0 Å². The first-order valence-corrected chi connectivity index (χ1v) is 6.10. The number of hydrogen-bond acceptors (Lipinski definition) is 3. The van der Waals surface area contributed by atoms with Crippen LogP contribution in [0.3, 0.4) is 0 Å². The second-order valence-electron chi connectivity index (χ2n) is 3.15. The summed E-state index contributed by atoms with van der Waals surface area (Å²) in [5.74, 6) is 1.47. The minimum absolute atomic E-state index is 0.263. The average Bonchev–Trinajstić information content (AvgIpc) is 2.20. The fourth-order valence-corrected chi connectivity index (χ4v) is 2.07. The maximum atomic E-state index is 10.9. The number of benzene rings is 1. The van der Waals surface area contributed by atoms with E-state index in [9.17, 15) is 4.79 Å². The first kappa shape index (κ1) is 12.1. The lowest BCUT2D eigenvalue weighted by Crippen LogP contribution is -2.03. The van der Waals surface area contributed by atoms with Crippen molar-refractivity contribution >= 4 is 17.7 Å². The van der Waals surface area contributed by atoms with Crippen LogP contribution in [-0.4, -0.2) is 11.7 Å². The van der Waals surface area contributed by atoms with Gasteiger partial charge in [-0.05, 0) is 35.9 Å². The van der Waals surface area contributed by atoms with E-state index >= 15 is 0 Å². The van der Waals surface area contributed by atoms with Crippen molar-refractivity contribution in [3.8, 4) is 5.75 Å². The Balaban J connectivity index is 2.92. The average molecular weight is 224 g/mol. The molecule has 82 valence electrons. The molecule has 0 atom stereocenters. The normalized spacial score (nSPS) is 10.1. The molecule has 0 heterocycles. The van der Waals surface area contributed by atoms with Crippen LogP contribution in [-0.2, 0) is 11.2 Å². The van der Waals surface area contributed by atoms with Crippen LogP contribution in [0.2, 0.25) is 0 Å². The number of thioether (sulfide) groups is 1. The quantitative estimate of drug-likeness (QED) is 0.446. The van der Waals surface area contributed by atoms with Crippen molar-refractivity contribution in [3.63, 3.8) is 0 Å². The lowest BCUT2D eigenvalue weighted by molar-refractivity contribution is -0.131. The zero-order valence-corrected chi connectivity index (χ0v) is 10.2. The van der Waals surface area contributed by atoms with Crippen LogP contribution < -0.4 is 4.74 Å². The molecule has 0 aliphatic carbocycles. The largest absolute Gasteiger partial charge is 0.426 e. The van der Waals surface area contributed by atoms with E-state index in [-0.39, 0.29) is 5.97 Å². The Morgan fingerprint density at radius 3 is 2.67 bits per heavy atom. The van der Waals surface area contributed by atoms with Gasteiger partial charge in [0.1, 0.15) is 5.75 Å². The maximum absolute atomic E-state index is 10.9. The van der Waals surface area contributed by atoms with E-state index < -0.39 is 0 Å². The Bertz CT molecular complexity index is 347. The minimum atomic E-state index is -0.263. The molecule has 0 aliphatic heterocycles. The van der Waals surface area contributed by atoms with Crippen LogP contribution in [0, 0.1) is 0 Å². The van der Waals surface area contributed by atoms with E-state index in [1.54, 1.807) is 11.8 Å². The Kier molecular flexibility index (Phi) is 4.69. The van der Waals surface area contributed by atoms with Gasteiger partial charge >= 0.3 is 5.97 Å². The molecule has 15 heavy (non-hydrogen) atoms. The Hall–Kier alpha value is -0.960. The molecule has 0 unspecified atom stereocenters. The summed E-state index contributed by atoms with van der Waals surface area (Å²) >= 11 is 1.79. The highest BCUT2D eigenvalue weighted by Gasteiger charge is 2.05. The van der Waals surface area contributed by atoms with E-state index in [4.69, 9.17) is 4.74 Å². The Morgan fingerprint density at radius 2 is 2.13 bits per heavy atom. The van der Waals surface area contributed by atoms with Crippen LogP contribution >= 0.6 is 11.8 Å². The fraction of sp³-hybridized carbons (Fsp3) is 0.417. The molecule has 0 saturated heterocycles. The molecule has 0 saturated carbocycles. The minimum Gasteiger partial charge on any atom is -0.426 e. The molecule has 0 N–H and O–H groups in total. The molecule has 0 aliphatic rings. The van der Waals surface area contributed by atoms with E-state index in [0.29, 0.717) is 5.75 Å². The first-order valence-electron chi connectivity index (χ1n) is 5.11. The highest BCUT2D eigenvalue weighted by molar-refractivity contribution is 7.99. The van der Waals surface area contributed by atoms with E-state index in [1.807, 2.05) is 12.1 Å². The van der Waals surface area contributed by atoms with Gasteiger partial charge in [-0.15, -0.1) is 11.8 Å². The lowest BCUT2D eigenvalue weighted by Gasteiger charge is -2.08. The van der Waals surface area contributed by atoms with Gasteiger partial charge in [0.05, 0.1) is 0 Å². The van der Waals surface area contributed by atoms with Crippen molar-refractivity contribution in [1.29, 1.82) is 0 Å². The van der Waals surface area contributed by atoms with Crippen LogP contribution in [0.4, 0.5) is 0 Å². The Morgan fingerprint density at radius 1 is 1.40 bits per heavy atom. The SMILES string of the molecule is CCSc1ccc(OC(C)=O)c(CC)c1. The summed E-state index contributed by atoms with van der Waals surface area (Å²) < 4.78 is 5.12. The van der Waals surface area contributed by atoms with Crippen molar-refractivity contribution in [2.24, 2.45) is 0 Å². The molecule has 1 aromatic carbocycles. The van der Waals surface area contributed by atoms with Crippen LogP contribution in [0.5, 0.6) is 5.75 Å². The third-order valence-corrected chi connectivity index (χ3v) is 2.85. The smallest absolute Gasteiger partial charge is 0.308 e. The van der Waals surface area contributed by atoms with Crippen molar-refractivity contribution in [3.05, 3.63) is 23.8 Å². The number of esters is 1. The number of carbonyl (C=O) groups is 1. The highest BCUT2D eigenvalue weighted by atomic mass is 32.2. The van der Waals surface area contributed by atoms with Gasteiger partial charge < -0.3 is 4.74 Å². The number of hydrogen-bond donors (Lipinski definition) is 0. The summed E-state index contributed by atoms with van der Waals surface area (Å²) in [7, 11) is 0. The predicted molar refractivity (Wildman–Crippen MR) is 63.5 cm³/mol. The van der Waals surface area contributed by atoms with Gasteiger partial charge in [0.15, 0.2) is 0 Å². The molecule has 1 aromatic rings. The number of aryl methyl sites for hydroxylation is 1. The van der Waals surface area contributed by atoms with Crippen molar-refractivity contribution in [2.45, 2.75) is 32.1 Å². The van der Waals surface area contributed by atoms with E-state index in [1.165, 1.54) is 11.8 Å². The second-order valence-corrected chi connectivity index (χ2v) is 4.49. The molecule has 0 bridgehead atoms. The van der Waals surface area contributed by atoms with Crippen molar-refractivity contribution in [2.75, 3.05) is 5.75 Å². The molecule has 1 rings (SSSR count). The molecule has 3 heteroatoms. The first-order chi connectivity index (χ1) is 7.17. The zero-order valence-electron chi connectivity index (χ0n) is 9.37. The van der Waals surface area contributed by atoms with Gasteiger partial charge in [-0.1, -0.05) is 13.8 Å². The summed E-state index contributed by atoms with van der Waals surface area (Å²) in [4.78, 5) is 12.1. The second kappa shape index (κ2) is 5.81. The molecule has 0 spiro atoms. The van der Waals surface area contributed by atoms with Gasteiger partial charge in [0, 0.05) is 11.8 Å². The summed E-state index contributed by atoms with van der Waals surface area (Å²) in [5, 5.41) is 0. The molecule has 0 radical (unpaired) electrons. The Labute approximate surface area is 95.0 Å². The van der Waals surface area contributed by atoms with Crippen molar-refractivity contribution in [1.82, 2.24) is 0 Å². The highest BCUT2D eigenvalue weighted by Crippen LogP contribution is 2.26. The number of carbonyl (C=O) groups excluding carboxylic acids is 1. The number of rotatable bonds is 4. The molecular formula is C12H16O2S. The molecule has 0 amide bonds. The van der Waals surface area contributed by atoms with Crippen LogP contribution in [0.25, 0.3) is 0 Å². The standard InChI is InChI=1S/C12H16O2S/c1-4-10-8-11(15-5-2)6-7-12(10)14-9(3)13/h6-8H,4-5H2,1-3H3. The third kappa shape index (κ3) is 3.59. The van der Waals surface area contributed by atoms with E-state index in [2.05, 4.69) is 19.9 Å². The topological polar surface area (TPSA) is 26.3 Å². The summed E-state index contributed by atoms with van der Waals surface area (Å²) in [6.07, 6.45) is 0.876. The zero-order chi connectivity index (χ0) is 11.3. The van der Waals surface area contributed by atoms with E-state index in [0.717, 1.165) is 17.7 Å². The van der Waals surface area contributed by atoms with Gasteiger partial charge in [-0.3, -0.25) is 4.79 Å². The number of ether oxygens (including phenoxy) is 1. The summed E-state index contributed by atoms with van der Waals surface area (Å²) in [5.41, 5.74) is 1.09. The van der Waals surface area contributed by atoms with Gasteiger partial charge in [-0.25, -0.2) is 0 Å². The molecular weight excluding hydrogens is 208 g/mol. The molecule has 0 aromatic heterocycles. The molecule has 0 fully saturated rings. The fourth-order valence-electron chi connectivity index (χ4n) is 1.34. The summed E-state index contributed by atoms with van der Waals surface area (Å²) in [6, 6.07) is 5.95. The van der Waals surface area contributed by atoms with Crippen LogP contribution in [0.15, 0.2) is 23.1 Å². The third-order valence-electron chi connectivity index (χ3n) is 1.98. The van der Waals surface area contributed by atoms with Gasteiger partial charge in [0.25, 0.3) is 0 Å².